The van der Waals surface area contributed by atoms with Crippen molar-refractivity contribution in [3.8, 4) is 0 Å². The average molecular weight is 260 g/mol. The van der Waals surface area contributed by atoms with Gasteiger partial charge in [0.1, 0.15) is 5.82 Å². The third-order valence-corrected chi connectivity index (χ3v) is 3.15. The molecule has 3 nitrogen and oxygen atoms in total. The minimum Gasteiger partial charge on any atom is -0.391 e. The van der Waals surface area contributed by atoms with Crippen LogP contribution in [-0.2, 0) is 6.18 Å². The summed E-state index contributed by atoms with van der Waals surface area (Å²) in [6.45, 7) is 0. The molecule has 18 heavy (non-hydrogen) atoms. The van der Waals surface area contributed by atoms with E-state index in [0.717, 1.165) is 37.9 Å². The predicted molar refractivity (Wildman–Crippen MR) is 61.1 cm³/mol. The van der Waals surface area contributed by atoms with Gasteiger partial charge in [0.2, 0.25) is 0 Å². The number of nitrogens with zero attached hydrogens (tertiary/aromatic N) is 1. The summed E-state index contributed by atoms with van der Waals surface area (Å²) < 4.78 is 37.0. The Morgan fingerprint density at radius 2 is 1.94 bits per heavy atom. The predicted octanol–water partition coefficient (Wildman–Crippen LogP) is 2.82. The van der Waals surface area contributed by atoms with Crippen LogP contribution in [0.25, 0.3) is 0 Å². The molecule has 1 aromatic heterocycles. The van der Waals surface area contributed by atoms with E-state index < -0.39 is 17.8 Å². The van der Waals surface area contributed by atoms with Crippen molar-refractivity contribution in [1.82, 2.24) is 4.98 Å². The molecule has 100 valence electrons. The molecule has 0 unspecified atom stereocenters. The van der Waals surface area contributed by atoms with E-state index in [2.05, 4.69) is 10.3 Å². The molecule has 1 fully saturated rings. The first-order valence-electron chi connectivity index (χ1n) is 5.94. The van der Waals surface area contributed by atoms with E-state index in [4.69, 9.17) is 0 Å². The zero-order valence-electron chi connectivity index (χ0n) is 9.74. The van der Waals surface area contributed by atoms with Crippen LogP contribution in [0, 0.1) is 0 Å². The second-order valence-corrected chi connectivity index (χ2v) is 4.53. The SMILES string of the molecule is O[C@H]1CCCC[C@@H]1Nc1ccc(C(F)(F)F)cn1. The zero-order valence-corrected chi connectivity index (χ0v) is 9.74. The monoisotopic (exact) mass is 260 g/mol. The van der Waals surface area contributed by atoms with Crippen LogP contribution in [0.1, 0.15) is 31.2 Å². The van der Waals surface area contributed by atoms with E-state index in [1.807, 2.05) is 0 Å². The molecule has 2 atom stereocenters. The van der Waals surface area contributed by atoms with Crippen LogP contribution < -0.4 is 5.32 Å². The van der Waals surface area contributed by atoms with E-state index in [-0.39, 0.29) is 6.04 Å². The molecule has 1 aliphatic rings. The lowest BCUT2D eigenvalue weighted by Crippen LogP contribution is -2.36. The minimum atomic E-state index is -4.37. The summed E-state index contributed by atoms with van der Waals surface area (Å²) in [5, 5.41) is 12.7. The topological polar surface area (TPSA) is 45.1 Å². The Hall–Kier alpha value is -1.30. The highest BCUT2D eigenvalue weighted by atomic mass is 19.4. The van der Waals surface area contributed by atoms with E-state index in [0.29, 0.717) is 5.82 Å². The molecule has 0 amide bonds. The van der Waals surface area contributed by atoms with Crippen LogP contribution in [0.3, 0.4) is 0 Å². The van der Waals surface area contributed by atoms with Gasteiger partial charge in [0, 0.05) is 6.20 Å². The minimum absolute atomic E-state index is 0.122. The van der Waals surface area contributed by atoms with Gasteiger partial charge in [-0.25, -0.2) is 4.98 Å². The maximum atomic E-state index is 12.3. The molecule has 0 spiro atoms. The zero-order chi connectivity index (χ0) is 13.2. The highest BCUT2D eigenvalue weighted by Gasteiger charge is 2.31. The van der Waals surface area contributed by atoms with E-state index >= 15 is 0 Å². The largest absolute Gasteiger partial charge is 0.417 e. The fourth-order valence-corrected chi connectivity index (χ4v) is 2.12. The normalized spacial score (nSPS) is 24.9. The van der Waals surface area contributed by atoms with Crippen LogP contribution in [0.2, 0.25) is 0 Å². The number of hydrogen-bond donors (Lipinski definition) is 2. The second-order valence-electron chi connectivity index (χ2n) is 4.53. The van der Waals surface area contributed by atoms with Gasteiger partial charge in [-0.2, -0.15) is 13.2 Å². The standard InChI is InChI=1S/C12H15F3N2O/c13-12(14,15)8-5-6-11(16-7-8)17-9-3-1-2-4-10(9)18/h5-7,9-10,18H,1-4H2,(H,16,17)/t9-,10-/m0/s1. The lowest BCUT2D eigenvalue weighted by molar-refractivity contribution is -0.137. The molecule has 0 radical (unpaired) electrons. The van der Waals surface area contributed by atoms with Crippen molar-refractivity contribution in [1.29, 1.82) is 0 Å². The number of halogens is 3. The van der Waals surface area contributed by atoms with Crippen LogP contribution in [0.5, 0.6) is 0 Å². The molecule has 1 heterocycles. The molecular weight excluding hydrogens is 245 g/mol. The maximum absolute atomic E-state index is 12.3. The van der Waals surface area contributed by atoms with Gasteiger partial charge in [0.25, 0.3) is 0 Å². The van der Waals surface area contributed by atoms with Crippen molar-refractivity contribution < 1.29 is 18.3 Å². The Balaban J connectivity index is 2.02. The number of nitrogens with one attached hydrogen (secondary N) is 1. The van der Waals surface area contributed by atoms with Gasteiger partial charge in [0.05, 0.1) is 17.7 Å². The van der Waals surface area contributed by atoms with Crippen molar-refractivity contribution >= 4 is 5.82 Å². The molecule has 1 aliphatic carbocycles. The van der Waals surface area contributed by atoms with Crippen molar-refractivity contribution in [2.75, 3.05) is 5.32 Å². The number of hydrogen-bond acceptors (Lipinski definition) is 3. The van der Waals surface area contributed by atoms with Crippen molar-refractivity contribution in [3.63, 3.8) is 0 Å². The number of alkyl halides is 3. The molecule has 0 aromatic carbocycles. The summed E-state index contributed by atoms with van der Waals surface area (Å²) in [6.07, 6.45) is -0.493. The Kier molecular flexibility index (Phi) is 3.75. The summed E-state index contributed by atoms with van der Waals surface area (Å²) >= 11 is 0. The number of aromatic nitrogens is 1. The fraction of sp³-hybridized carbons (Fsp3) is 0.583. The number of aliphatic hydroxyl groups excluding tert-OH is 1. The highest BCUT2D eigenvalue weighted by molar-refractivity contribution is 5.37. The van der Waals surface area contributed by atoms with Gasteiger partial charge in [-0.1, -0.05) is 12.8 Å². The van der Waals surface area contributed by atoms with E-state index in [1.165, 1.54) is 6.07 Å². The highest BCUT2D eigenvalue weighted by Crippen LogP contribution is 2.29. The summed E-state index contributed by atoms with van der Waals surface area (Å²) in [5.74, 6) is 0.369. The Bertz CT molecular complexity index is 391. The van der Waals surface area contributed by atoms with Crippen LogP contribution in [0.15, 0.2) is 18.3 Å². The van der Waals surface area contributed by atoms with Crippen molar-refractivity contribution in [3.05, 3.63) is 23.9 Å². The number of rotatable bonds is 2. The first-order chi connectivity index (χ1) is 8.47. The molecule has 0 saturated heterocycles. The first kappa shape index (κ1) is 13.1. The third kappa shape index (κ3) is 3.13. The number of aliphatic hydroxyl groups is 1. The first-order valence-corrected chi connectivity index (χ1v) is 5.94. The van der Waals surface area contributed by atoms with E-state index in [9.17, 15) is 18.3 Å². The molecule has 2 N–H and O–H groups in total. The molecule has 1 aromatic rings. The average Bonchev–Trinajstić information content (AvgIpc) is 2.32. The molecular formula is C12H15F3N2O. The van der Waals surface area contributed by atoms with Crippen LogP contribution in [0.4, 0.5) is 19.0 Å². The fourth-order valence-electron chi connectivity index (χ4n) is 2.12. The van der Waals surface area contributed by atoms with Crippen molar-refractivity contribution in [2.45, 2.75) is 44.0 Å². The Labute approximate surface area is 103 Å². The third-order valence-electron chi connectivity index (χ3n) is 3.15. The molecule has 0 bridgehead atoms. The number of pyridine rings is 1. The summed E-state index contributed by atoms with van der Waals surface area (Å²) in [4.78, 5) is 3.73. The molecule has 0 aliphatic heterocycles. The van der Waals surface area contributed by atoms with Gasteiger partial charge in [-0.15, -0.1) is 0 Å². The lowest BCUT2D eigenvalue weighted by atomic mass is 9.92. The van der Waals surface area contributed by atoms with Gasteiger partial charge >= 0.3 is 6.18 Å². The Morgan fingerprint density at radius 3 is 2.50 bits per heavy atom. The van der Waals surface area contributed by atoms with Crippen LogP contribution >= 0.6 is 0 Å². The molecule has 6 heteroatoms. The summed E-state index contributed by atoms with van der Waals surface area (Å²) in [7, 11) is 0. The summed E-state index contributed by atoms with van der Waals surface area (Å²) in [5.41, 5.74) is -0.766. The van der Waals surface area contributed by atoms with Gasteiger partial charge in [-0.05, 0) is 25.0 Å². The molecule has 1 saturated carbocycles. The lowest BCUT2D eigenvalue weighted by Gasteiger charge is -2.28. The van der Waals surface area contributed by atoms with E-state index in [1.54, 1.807) is 0 Å². The summed E-state index contributed by atoms with van der Waals surface area (Å²) in [6, 6.07) is 2.16. The maximum Gasteiger partial charge on any atom is 0.417 e. The second kappa shape index (κ2) is 5.14. The van der Waals surface area contributed by atoms with Gasteiger partial charge in [-0.3, -0.25) is 0 Å². The quantitative estimate of drug-likeness (QED) is 0.859. The van der Waals surface area contributed by atoms with Crippen molar-refractivity contribution in [2.24, 2.45) is 0 Å². The van der Waals surface area contributed by atoms with Gasteiger partial charge < -0.3 is 10.4 Å². The Morgan fingerprint density at radius 1 is 1.22 bits per heavy atom. The smallest absolute Gasteiger partial charge is 0.391 e. The number of anilines is 1. The molecule has 2 rings (SSSR count). The van der Waals surface area contributed by atoms with Crippen LogP contribution in [-0.4, -0.2) is 22.2 Å². The van der Waals surface area contributed by atoms with Gasteiger partial charge in [0.15, 0.2) is 0 Å².